The normalized spacial score (nSPS) is 12.1. The van der Waals surface area contributed by atoms with Crippen molar-refractivity contribution in [3.05, 3.63) is 29.8 Å². The van der Waals surface area contributed by atoms with Crippen molar-refractivity contribution < 1.29 is 15.0 Å². The summed E-state index contributed by atoms with van der Waals surface area (Å²) in [5.74, 6) is -1.17. The average Bonchev–Trinajstić information content (AvgIpc) is 2.61. The van der Waals surface area contributed by atoms with Crippen LogP contribution in [-0.4, -0.2) is 35.4 Å². The first-order chi connectivity index (χ1) is 12.1. The summed E-state index contributed by atoms with van der Waals surface area (Å²) >= 11 is 0. The summed E-state index contributed by atoms with van der Waals surface area (Å²) in [5, 5.41) is 18.3. The Labute approximate surface area is 152 Å². The maximum Gasteiger partial charge on any atom is 0.332 e. The van der Waals surface area contributed by atoms with Gasteiger partial charge in [-0.2, -0.15) is 0 Å². The van der Waals surface area contributed by atoms with Crippen molar-refractivity contribution in [2.24, 2.45) is 0 Å². The molecule has 142 valence electrons. The number of carbonyl (C=O) groups is 1. The van der Waals surface area contributed by atoms with E-state index in [0.717, 1.165) is 18.7 Å². The lowest BCUT2D eigenvalue weighted by Gasteiger charge is -2.25. The van der Waals surface area contributed by atoms with Crippen molar-refractivity contribution in [3.63, 3.8) is 0 Å². The second-order valence-electron chi connectivity index (χ2n) is 6.83. The maximum absolute atomic E-state index is 10.8. The minimum atomic E-state index is -1.33. The van der Waals surface area contributed by atoms with E-state index >= 15 is 0 Å². The summed E-state index contributed by atoms with van der Waals surface area (Å²) in [6, 6.07) is 7.99. The van der Waals surface area contributed by atoms with Crippen molar-refractivity contribution in [3.8, 4) is 0 Å². The van der Waals surface area contributed by atoms with Gasteiger partial charge in [-0.1, -0.05) is 64.5 Å². The number of anilines is 1. The van der Waals surface area contributed by atoms with Crippen LogP contribution in [0.3, 0.4) is 0 Å². The fourth-order valence-electron chi connectivity index (χ4n) is 2.98. The first-order valence-electron chi connectivity index (χ1n) is 9.83. The molecule has 1 atom stereocenters. The Morgan fingerprint density at radius 1 is 0.920 bits per heavy atom. The number of hydrogen-bond acceptors (Lipinski definition) is 3. The van der Waals surface area contributed by atoms with Crippen molar-refractivity contribution in [2.45, 2.75) is 77.7 Å². The Hall–Kier alpha value is -1.55. The second-order valence-corrected chi connectivity index (χ2v) is 6.83. The molecule has 0 bridgehead atoms. The van der Waals surface area contributed by atoms with Crippen LogP contribution in [0.5, 0.6) is 0 Å². The van der Waals surface area contributed by atoms with Crippen LogP contribution in [0.2, 0.25) is 0 Å². The van der Waals surface area contributed by atoms with Crippen LogP contribution in [0.15, 0.2) is 24.3 Å². The number of unbranched alkanes of at least 4 members (excludes halogenated alkanes) is 6. The number of nitrogens with zero attached hydrogens (tertiary/aromatic N) is 1. The zero-order valence-electron chi connectivity index (χ0n) is 15.9. The van der Waals surface area contributed by atoms with E-state index in [9.17, 15) is 9.90 Å². The molecule has 1 aromatic rings. The maximum atomic E-state index is 10.8. The fraction of sp³-hybridized carbons (Fsp3) is 0.667. The molecule has 25 heavy (non-hydrogen) atoms. The molecular formula is C21H35NO3. The number of carboxylic acids is 1. The standard InChI is InChI=1S/C21H35NO3/c1-3-5-7-9-15-22(16-10-8-6-4-2)19-13-11-18(12-14-19)17-20(23)21(24)25/h11-14,20,23H,3-10,15-17H2,1-2H3,(H,24,25). The van der Waals surface area contributed by atoms with E-state index in [1.54, 1.807) is 0 Å². The average molecular weight is 350 g/mol. The van der Waals surface area contributed by atoms with Crippen LogP contribution in [0.4, 0.5) is 5.69 Å². The number of rotatable bonds is 14. The lowest BCUT2D eigenvalue weighted by Crippen LogP contribution is -2.26. The number of carboxylic acid groups (broad SMARTS) is 1. The highest BCUT2D eigenvalue weighted by molar-refractivity contribution is 5.72. The van der Waals surface area contributed by atoms with E-state index in [-0.39, 0.29) is 6.42 Å². The van der Waals surface area contributed by atoms with Gasteiger partial charge in [0, 0.05) is 25.2 Å². The Morgan fingerprint density at radius 3 is 1.88 bits per heavy atom. The predicted octanol–water partition coefficient (Wildman–Crippen LogP) is 4.64. The molecule has 0 saturated heterocycles. The van der Waals surface area contributed by atoms with Crippen molar-refractivity contribution in [1.82, 2.24) is 0 Å². The Bertz CT molecular complexity index is 461. The molecule has 0 aliphatic rings. The van der Waals surface area contributed by atoms with E-state index in [2.05, 4.69) is 30.9 Å². The Morgan fingerprint density at radius 2 is 1.44 bits per heavy atom. The van der Waals surface area contributed by atoms with E-state index in [1.807, 2.05) is 12.1 Å². The van der Waals surface area contributed by atoms with Gasteiger partial charge in [-0.05, 0) is 30.5 Å². The molecule has 1 unspecified atom stereocenters. The van der Waals surface area contributed by atoms with E-state index in [0.29, 0.717) is 0 Å². The molecule has 0 aliphatic heterocycles. The largest absolute Gasteiger partial charge is 0.479 e. The summed E-state index contributed by atoms with van der Waals surface area (Å²) in [6.45, 7) is 6.60. The van der Waals surface area contributed by atoms with E-state index < -0.39 is 12.1 Å². The number of hydrogen-bond donors (Lipinski definition) is 2. The molecule has 1 aromatic carbocycles. The van der Waals surface area contributed by atoms with Gasteiger partial charge in [-0.25, -0.2) is 4.79 Å². The highest BCUT2D eigenvalue weighted by Gasteiger charge is 2.14. The third kappa shape index (κ3) is 8.92. The van der Waals surface area contributed by atoms with Crippen LogP contribution in [0, 0.1) is 0 Å². The first-order valence-corrected chi connectivity index (χ1v) is 9.83. The molecule has 2 N–H and O–H groups in total. The van der Waals surface area contributed by atoms with Gasteiger partial charge in [0.05, 0.1) is 0 Å². The molecule has 0 fully saturated rings. The molecule has 0 spiro atoms. The number of aliphatic hydroxyl groups is 1. The molecule has 0 saturated carbocycles. The van der Waals surface area contributed by atoms with Gasteiger partial charge >= 0.3 is 5.97 Å². The molecule has 0 radical (unpaired) electrons. The first kappa shape index (κ1) is 21.5. The third-order valence-corrected chi connectivity index (χ3v) is 4.58. The fourth-order valence-corrected chi connectivity index (χ4v) is 2.98. The lowest BCUT2D eigenvalue weighted by molar-refractivity contribution is -0.146. The summed E-state index contributed by atoms with van der Waals surface area (Å²) in [6.07, 6.45) is 8.85. The molecule has 0 aliphatic carbocycles. The van der Waals surface area contributed by atoms with Gasteiger partial charge in [0.2, 0.25) is 0 Å². The minimum absolute atomic E-state index is 0.155. The number of aliphatic hydroxyl groups excluding tert-OH is 1. The van der Waals surface area contributed by atoms with Gasteiger partial charge in [-0.15, -0.1) is 0 Å². The Balaban J connectivity index is 2.63. The highest BCUT2D eigenvalue weighted by atomic mass is 16.4. The second kappa shape index (κ2) is 12.8. The monoisotopic (exact) mass is 349 g/mol. The molecule has 0 amide bonds. The molecular weight excluding hydrogens is 314 g/mol. The zero-order chi connectivity index (χ0) is 18.5. The van der Waals surface area contributed by atoms with Crippen molar-refractivity contribution in [1.29, 1.82) is 0 Å². The van der Waals surface area contributed by atoms with E-state index in [1.165, 1.54) is 57.1 Å². The molecule has 1 rings (SSSR count). The molecule has 0 heterocycles. The van der Waals surface area contributed by atoms with Crippen LogP contribution >= 0.6 is 0 Å². The molecule has 4 nitrogen and oxygen atoms in total. The number of aliphatic carboxylic acids is 1. The van der Waals surface area contributed by atoms with E-state index in [4.69, 9.17) is 5.11 Å². The van der Waals surface area contributed by atoms with Crippen molar-refractivity contribution in [2.75, 3.05) is 18.0 Å². The van der Waals surface area contributed by atoms with Gasteiger partial charge < -0.3 is 15.1 Å². The van der Waals surface area contributed by atoms with Gasteiger partial charge in [0.15, 0.2) is 6.10 Å². The van der Waals surface area contributed by atoms with Gasteiger partial charge in [0.1, 0.15) is 0 Å². The predicted molar refractivity (Wildman–Crippen MR) is 104 cm³/mol. The quantitative estimate of drug-likeness (QED) is 0.480. The van der Waals surface area contributed by atoms with Crippen LogP contribution in [0.1, 0.15) is 70.8 Å². The minimum Gasteiger partial charge on any atom is -0.479 e. The SMILES string of the molecule is CCCCCCN(CCCCCC)c1ccc(CC(O)C(=O)O)cc1. The number of benzene rings is 1. The third-order valence-electron chi connectivity index (χ3n) is 4.58. The highest BCUT2D eigenvalue weighted by Crippen LogP contribution is 2.19. The topological polar surface area (TPSA) is 60.8 Å². The summed E-state index contributed by atoms with van der Waals surface area (Å²) < 4.78 is 0. The lowest BCUT2D eigenvalue weighted by atomic mass is 10.1. The van der Waals surface area contributed by atoms with Crippen LogP contribution < -0.4 is 4.90 Å². The molecule has 4 heteroatoms. The summed E-state index contributed by atoms with van der Waals surface area (Å²) in [5.41, 5.74) is 2.05. The van der Waals surface area contributed by atoms with Crippen LogP contribution in [-0.2, 0) is 11.2 Å². The zero-order valence-corrected chi connectivity index (χ0v) is 15.9. The summed E-state index contributed by atoms with van der Waals surface area (Å²) in [7, 11) is 0. The van der Waals surface area contributed by atoms with Gasteiger partial charge in [-0.3, -0.25) is 0 Å². The van der Waals surface area contributed by atoms with Crippen molar-refractivity contribution >= 4 is 11.7 Å². The summed E-state index contributed by atoms with van der Waals surface area (Å²) in [4.78, 5) is 13.2. The van der Waals surface area contributed by atoms with Crippen LogP contribution in [0.25, 0.3) is 0 Å². The Kier molecular flexibility index (Phi) is 11.0. The van der Waals surface area contributed by atoms with Gasteiger partial charge in [0.25, 0.3) is 0 Å². The molecule has 0 aromatic heterocycles. The smallest absolute Gasteiger partial charge is 0.332 e.